The highest BCUT2D eigenvalue weighted by molar-refractivity contribution is 7.99. The van der Waals surface area contributed by atoms with Gasteiger partial charge in [0.1, 0.15) is 0 Å². The predicted octanol–water partition coefficient (Wildman–Crippen LogP) is 5.05. The van der Waals surface area contributed by atoms with E-state index < -0.39 is 5.76 Å². The standard InChI is InChI=1S/C15H11ClF2N2S/c16-11-7-5-10(6-8-11)9-20-13-4-2-1-3-12(13)19-15(20)21-14(17)18/h1-8,14H,9H2. The van der Waals surface area contributed by atoms with Gasteiger partial charge in [-0.05, 0) is 41.6 Å². The van der Waals surface area contributed by atoms with E-state index in [4.69, 9.17) is 11.6 Å². The minimum absolute atomic E-state index is 0.321. The third-order valence-corrected chi connectivity index (χ3v) is 4.02. The van der Waals surface area contributed by atoms with Gasteiger partial charge in [-0.3, -0.25) is 0 Å². The summed E-state index contributed by atoms with van der Waals surface area (Å²) in [6.07, 6.45) is 0. The van der Waals surface area contributed by atoms with Crippen LogP contribution in [0, 0.1) is 0 Å². The van der Waals surface area contributed by atoms with Crippen molar-refractivity contribution in [3.63, 3.8) is 0 Å². The lowest BCUT2D eigenvalue weighted by Crippen LogP contribution is -2.02. The van der Waals surface area contributed by atoms with Crippen LogP contribution in [0.5, 0.6) is 0 Å². The maximum Gasteiger partial charge on any atom is 0.291 e. The lowest BCUT2D eigenvalue weighted by Gasteiger charge is -2.09. The molecule has 0 atom stereocenters. The Hall–Kier alpha value is -1.59. The van der Waals surface area contributed by atoms with Gasteiger partial charge in [-0.2, -0.15) is 8.78 Å². The maximum atomic E-state index is 12.7. The van der Waals surface area contributed by atoms with Crippen LogP contribution in [0.4, 0.5) is 8.78 Å². The molecule has 21 heavy (non-hydrogen) atoms. The average molecular weight is 325 g/mol. The molecule has 0 saturated heterocycles. The van der Waals surface area contributed by atoms with Crippen LogP contribution in [0.15, 0.2) is 53.7 Å². The van der Waals surface area contributed by atoms with Crippen LogP contribution in [-0.2, 0) is 6.54 Å². The van der Waals surface area contributed by atoms with E-state index in [1.54, 1.807) is 16.7 Å². The van der Waals surface area contributed by atoms with Gasteiger partial charge in [0.15, 0.2) is 5.16 Å². The molecular formula is C15H11ClF2N2S. The van der Waals surface area contributed by atoms with Crippen LogP contribution in [0.3, 0.4) is 0 Å². The van der Waals surface area contributed by atoms with E-state index in [0.717, 1.165) is 16.6 Å². The van der Waals surface area contributed by atoms with E-state index in [9.17, 15) is 8.78 Å². The Morgan fingerprint density at radius 2 is 1.81 bits per heavy atom. The van der Waals surface area contributed by atoms with Crippen LogP contribution in [0.2, 0.25) is 5.02 Å². The van der Waals surface area contributed by atoms with Crippen molar-refractivity contribution in [2.24, 2.45) is 0 Å². The fraction of sp³-hybridized carbons (Fsp3) is 0.133. The zero-order chi connectivity index (χ0) is 14.8. The number of imidazole rings is 1. The quantitative estimate of drug-likeness (QED) is 0.625. The first kappa shape index (κ1) is 14.4. The van der Waals surface area contributed by atoms with E-state index in [1.807, 2.05) is 36.4 Å². The molecule has 0 saturated carbocycles. The van der Waals surface area contributed by atoms with Gasteiger partial charge >= 0.3 is 0 Å². The van der Waals surface area contributed by atoms with E-state index in [1.165, 1.54) is 0 Å². The second-order valence-corrected chi connectivity index (χ2v) is 5.87. The minimum Gasteiger partial charge on any atom is -0.314 e. The average Bonchev–Trinajstić information content (AvgIpc) is 2.78. The Morgan fingerprint density at radius 3 is 2.52 bits per heavy atom. The summed E-state index contributed by atoms with van der Waals surface area (Å²) in [5.41, 5.74) is 2.55. The number of alkyl halides is 2. The third-order valence-electron chi connectivity index (χ3n) is 3.07. The molecule has 0 aliphatic carbocycles. The minimum atomic E-state index is -2.49. The number of benzene rings is 2. The highest BCUT2D eigenvalue weighted by Gasteiger charge is 2.15. The van der Waals surface area contributed by atoms with Gasteiger partial charge in [0.2, 0.25) is 0 Å². The summed E-state index contributed by atoms with van der Waals surface area (Å²) < 4.78 is 27.2. The van der Waals surface area contributed by atoms with Gasteiger partial charge in [-0.25, -0.2) is 4.98 Å². The number of thioether (sulfide) groups is 1. The number of aromatic nitrogens is 2. The Bertz CT molecular complexity index is 756. The van der Waals surface area contributed by atoms with Crippen molar-refractivity contribution in [2.75, 3.05) is 0 Å². The molecule has 0 fully saturated rings. The third kappa shape index (κ3) is 3.19. The molecular weight excluding hydrogens is 314 g/mol. The Morgan fingerprint density at radius 1 is 1.10 bits per heavy atom. The molecule has 0 unspecified atom stereocenters. The number of rotatable bonds is 4. The second-order valence-electron chi connectivity index (χ2n) is 4.47. The molecule has 0 aliphatic heterocycles. The summed E-state index contributed by atoms with van der Waals surface area (Å²) in [7, 11) is 0. The van der Waals surface area contributed by atoms with Crippen molar-refractivity contribution >= 4 is 34.4 Å². The zero-order valence-electron chi connectivity index (χ0n) is 10.8. The Labute approximate surface area is 129 Å². The molecule has 0 bridgehead atoms. The number of hydrogen-bond donors (Lipinski definition) is 0. The summed E-state index contributed by atoms with van der Waals surface area (Å²) in [6.45, 7) is 0.479. The van der Waals surface area contributed by atoms with Crippen LogP contribution in [0.1, 0.15) is 5.56 Å². The molecule has 3 aromatic rings. The van der Waals surface area contributed by atoms with Crippen LogP contribution >= 0.6 is 23.4 Å². The lowest BCUT2D eigenvalue weighted by molar-refractivity contribution is 0.251. The first-order chi connectivity index (χ1) is 10.1. The van der Waals surface area contributed by atoms with E-state index in [2.05, 4.69) is 4.98 Å². The topological polar surface area (TPSA) is 17.8 Å². The van der Waals surface area contributed by atoms with Crippen molar-refractivity contribution in [3.05, 3.63) is 59.1 Å². The number of hydrogen-bond acceptors (Lipinski definition) is 2. The summed E-state index contributed by atoms with van der Waals surface area (Å²) in [4.78, 5) is 4.29. The molecule has 2 nitrogen and oxygen atoms in total. The van der Waals surface area contributed by atoms with Gasteiger partial charge in [-0.15, -0.1) is 0 Å². The smallest absolute Gasteiger partial charge is 0.291 e. The second kappa shape index (κ2) is 6.03. The van der Waals surface area contributed by atoms with Crippen molar-refractivity contribution in [3.8, 4) is 0 Å². The van der Waals surface area contributed by atoms with Crippen molar-refractivity contribution in [1.29, 1.82) is 0 Å². The zero-order valence-corrected chi connectivity index (χ0v) is 12.4. The summed E-state index contributed by atoms with van der Waals surface area (Å²) >= 11 is 6.33. The number of nitrogens with zero attached hydrogens (tertiary/aromatic N) is 2. The molecule has 108 valence electrons. The van der Waals surface area contributed by atoms with Crippen LogP contribution in [-0.4, -0.2) is 15.3 Å². The largest absolute Gasteiger partial charge is 0.314 e. The summed E-state index contributed by atoms with van der Waals surface area (Å²) in [5.74, 6) is -2.49. The van der Waals surface area contributed by atoms with Gasteiger partial charge in [0.05, 0.1) is 17.6 Å². The first-order valence-electron chi connectivity index (χ1n) is 6.28. The fourth-order valence-electron chi connectivity index (χ4n) is 2.15. The van der Waals surface area contributed by atoms with Crippen molar-refractivity contribution in [2.45, 2.75) is 17.5 Å². The van der Waals surface area contributed by atoms with Crippen molar-refractivity contribution in [1.82, 2.24) is 9.55 Å². The van der Waals surface area contributed by atoms with Gasteiger partial charge in [0, 0.05) is 5.02 Å². The molecule has 0 amide bonds. The Balaban J connectivity index is 2.03. The monoisotopic (exact) mass is 324 g/mol. The summed E-state index contributed by atoms with van der Waals surface area (Å²) in [6, 6.07) is 14.8. The van der Waals surface area contributed by atoms with Gasteiger partial charge in [0.25, 0.3) is 5.76 Å². The fourth-order valence-corrected chi connectivity index (χ4v) is 2.87. The first-order valence-corrected chi connectivity index (χ1v) is 7.54. The molecule has 6 heteroatoms. The number of fused-ring (bicyclic) bond motifs is 1. The molecule has 3 rings (SSSR count). The highest BCUT2D eigenvalue weighted by atomic mass is 35.5. The predicted molar refractivity (Wildman–Crippen MR) is 82.1 cm³/mol. The lowest BCUT2D eigenvalue weighted by atomic mass is 10.2. The SMILES string of the molecule is FC(F)Sc1nc2ccccc2n1Cc1ccc(Cl)cc1. The molecule has 0 aliphatic rings. The Kier molecular flexibility index (Phi) is 4.12. The molecule has 1 aromatic heterocycles. The maximum absolute atomic E-state index is 12.7. The van der Waals surface area contributed by atoms with E-state index in [-0.39, 0.29) is 0 Å². The number of para-hydroxylation sites is 2. The van der Waals surface area contributed by atoms with Crippen LogP contribution < -0.4 is 0 Å². The summed E-state index contributed by atoms with van der Waals surface area (Å²) in [5, 5.41) is 0.970. The normalized spacial score (nSPS) is 11.4. The van der Waals surface area contributed by atoms with Gasteiger partial charge in [-0.1, -0.05) is 35.9 Å². The van der Waals surface area contributed by atoms with Crippen LogP contribution in [0.25, 0.3) is 11.0 Å². The van der Waals surface area contributed by atoms with Gasteiger partial charge < -0.3 is 4.57 Å². The van der Waals surface area contributed by atoms with E-state index in [0.29, 0.717) is 28.5 Å². The molecule has 0 spiro atoms. The molecule has 1 heterocycles. The highest BCUT2D eigenvalue weighted by Crippen LogP contribution is 2.29. The molecule has 0 N–H and O–H groups in total. The number of halogens is 3. The van der Waals surface area contributed by atoms with Crippen molar-refractivity contribution < 1.29 is 8.78 Å². The molecule has 2 aromatic carbocycles. The van der Waals surface area contributed by atoms with E-state index >= 15 is 0 Å². The molecule has 0 radical (unpaired) electrons.